The first-order valence-electron chi connectivity index (χ1n) is 8.55. The number of alkyl halides is 6. The number of hydrogen-bond acceptors (Lipinski definition) is 5. The number of halogens is 6. The van der Waals surface area contributed by atoms with Crippen LogP contribution in [0.4, 0.5) is 37.0 Å². The zero-order valence-corrected chi connectivity index (χ0v) is 16.0. The van der Waals surface area contributed by atoms with Crippen LogP contribution in [0.3, 0.4) is 0 Å². The predicted molar refractivity (Wildman–Crippen MR) is 92.5 cm³/mol. The van der Waals surface area contributed by atoms with Crippen LogP contribution in [0.5, 0.6) is 0 Å². The van der Waals surface area contributed by atoms with E-state index in [1.54, 1.807) is 0 Å². The Hall–Kier alpha value is -2.76. The molecule has 0 radical (unpaired) electrons. The molecule has 1 heterocycles. The first kappa shape index (κ1) is 23.5. The van der Waals surface area contributed by atoms with Crippen LogP contribution in [-0.2, 0) is 10.3 Å². The van der Waals surface area contributed by atoms with Crippen molar-refractivity contribution in [1.29, 1.82) is 0 Å². The number of hydrogen-bond donors (Lipinski definition) is 2. The van der Waals surface area contributed by atoms with Crippen molar-refractivity contribution in [2.75, 3.05) is 11.9 Å². The largest absolute Gasteiger partial charge is 0.449 e. The van der Waals surface area contributed by atoms with Gasteiger partial charge in [0, 0.05) is 5.56 Å². The van der Waals surface area contributed by atoms with Gasteiger partial charge in [0.05, 0.1) is 12.2 Å². The number of amides is 1. The summed E-state index contributed by atoms with van der Waals surface area (Å²) in [7, 11) is 0. The number of nitrogens with zero attached hydrogens (tertiary/aromatic N) is 1. The lowest BCUT2D eigenvalue weighted by atomic mass is 9.90. The third kappa shape index (κ3) is 4.53. The summed E-state index contributed by atoms with van der Waals surface area (Å²) in [4.78, 5) is 11.8. The maximum atomic E-state index is 13.0. The van der Waals surface area contributed by atoms with Gasteiger partial charge >= 0.3 is 18.4 Å². The minimum atomic E-state index is -5.99. The van der Waals surface area contributed by atoms with E-state index in [0.717, 1.165) is 12.1 Å². The second kappa shape index (κ2) is 8.17. The Balaban J connectivity index is 2.38. The molecular formula is C18H18F6N2O4. The van der Waals surface area contributed by atoms with Crippen molar-refractivity contribution >= 4 is 11.9 Å². The molecule has 2 rings (SSSR count). The SMILES string of the molecule is Cc1onc(NC(=O)OCC(C)C)c1-c1ccc(C(O)(C(F)(F)F)C(F)(F)F)cc1. The second-order valence-corrected chi connectivity index (χ2v) is 6.86. The quantitative estimate of drug-likeness (QED) is 0.627. The summed E-state index contributed by atoms with van der Waals surface area (Å²) in [5, 5.41) is 15.4. The Morgan fingerprint density at radius 3 is 2.13 bits per heavy atom. The summed E-state index contributed by atoms with van der Waals surface area (Å²) < 4.78 is 87.9. The van der Waals surface area contributed by atoms with Crippen molar-refractivity contribution in [3.05, 3.63) is 35.6 Å². The minimum absolute atomic E-state index is 0.0582. The summed E-state index contributed by atoms with van der Waals surface area (Å²) in [5.74, 6) is 0.0718. The molecule has 12 heteroatoms. The monoisotopic (exact) mass is 440 g/mol. The maximum absolute atomic E-state index is 13.0. The van der Waals surface area contributed by atoms with Crippen LogP contribution in [0.15, 0.2) is 28.8 Å². The van der Waals surface area contributed by atoms with Gasteiger partial charge in [0.25, 0.3) is 5.60 Å². The van der Waals surface area contributed by atoms with E-state index in [4.69, 9.17) is 9.26 Å². The van der Waals surface area contributed by atoms with Gasteiger partial charge in [0.2, 0.25) is 0 Å². The van der Waals surface area contributed by atoms with Gasteiger partial charge in [-0.05, 0) is 18.4 Å². The second-order valence-electron chi connectivity index (χ2n) is 6.86. The Morgan fingerprint density at radius 1 is 1.13 bits per heavy atom. The first-order valence-corrected chi connectivity index (χ1v) is 8.55. The molecule has 2 aromatic rings. The van der Waals surface area contributed by atoms with Crippen molar-refractivity contribution < 1.29 is 45.5 Å². The van der Waals surface area contributed by atoms with Crippen LogP contribution in [-0.4, -0.2) is 35.3 Å². The summed E-state index contributed by atoms with van der Waals surface area (Å²) in [6, 6.07) is 2.82. The number of carbonyl (C=O) groups excluding carboxylic acids is 1. The van der Waals surface area contributed by atoms with Crippen molar-refractivity contribution in [3.63, 3.8) is 0 Å². The lowest BCUT2D eigenvalue weighted by molar-refractivity contribution is -0.376. The fourth-order valence-corrected chi connectivity index (χ4v) is 2.54. The van der Waals surface area contributed by atoms with Crippen LogP contribution >= 0.6 is 0 Å². The smallest absolute Gasteiger partial charge is 0.430 e. The zero-order chi connectivity index (χ0) is 22.9. The lowest BCUT2D eigenvalue weighted by Gasteiger charge is -2.32. The lowest BCUT2D eigenvalue weighted by Crippen LogP contribution is -2.53. The number of aliphatic hydroxyl groups is 1. The molecule has 0 aliphatic heterocycles. The Kier molecular flexibility index (Phi) is 6.40. The number of rotatable bonds is 5. The van der Waals surface area contributed by atoms with E-state index in [0.29, 0.717) is 12.1 Å². The Morgan fingerprint density at radius 2 is 1.67 bits per heavy atom. The third-order valence-electron chi connectivity index (χ3n) is 4.04. The normalized spacial score (nSPS) is 12.9. The number of carbonyl (C=O) groups is 1. The molecule has 0 spiro atoms. The number of anilines is 1. The van der Waals surface area contributed by atoms with Gasteiger partial charge in [0.15, 0.2) is 5.82 Å². The molecule has 1 aromatic heterocycles. The highest BCUT2D eigenvalue weighted by molar-refractivity contribution is 5.90. The topological polar surface area (TPSA) is 84.6 Å². The highest BCUT2D eigenvalue weighted by Gasteiger charge is 2.71. The summed E-state index contributed by atoms with van der Waals surface area (Å²) in [6.45, 7) is 5.16. The van der Waals surface area contributed by atoms with E-state index in [9.17, 15) is 36.2 Å². The molecule has 30 heavy (non-hydrogen) atoms. The number of ether oxygens (including phenoxy) is 1. The standard InChI is InChI=1S/C18H18F6N2O4/c1-9(2)8-29-15(27)25-14-13(10(3)30-26-14)11-4-6-12(7-5-11)16(28,17(19,20)21)18(22,23)24/h4-7,9,28H,8H2,1-3H3,(H,25,26,27). The van der Waals surface area contributed by atoms with Gasteiger partial charge in [-0.1, -0.05) is 43.3 Å². The highest BCUT2D eigenvalue weighted by atomic mass is 19.4. The third-order valence-corrected chi connectivity index (χ3v) is 4.04. The van der Waals surface area contributed by atoms with Gasteiger partial charge in [-0.2, -0.15) is 26.3 Å². The molecule has 0 saturated carbocycles. The number of aromatic nitrogens is 1. The van der Waals surface area contributed by atoms with Gasteiger partial charge in [0.1, 0.15) is 5.76 Å². The summed E-state index contributed by atoms with van der Waals surface area (Å²) >= 11 is 0. The molecule has 0 saturated heterocycles. The van der Waals surface area contributed by atoms with Crippen molar-refractivity contribution in [3.8, 4) is 11.1 Å². The molecule has 0 unspecified atom stereocenters. The van der Waals surface area contributed by atoms with E-state index >= 15 is 0 Å². The van der Waals surface area contributed by atoms with E-state index in [1.807, 2.05) is 13.8 Å². The molecule has 0 bridgehead atoms. The van der Waals surface area contributed by atoms with E-state index in [2.05, 4.69) is 10.5 Å². The fraction of sp³-hybridized carbons (Fsp3) is 0.444. The van der Waals surface area contributed by atoms with Gasteiger partial charge in [-0.15, -0.1) is 0 Å². The van der Waals surface area contributed by atoms with Gasteiger partial charge in [-0.3, -0.25) is 5.32 Å². The maximum Gasteiger partial charge on any atom is 0.430 e. The fourth-order valence-electron chi connectivity index (χ4n) is 2.54. The van der Waals surface area contributed by atoms with Crippen LogP contribution in [0.1, 0.15) is 25.2 Å². The molecule has 1 amide bonds. The van der Waals surface area contributed by atoms with Crippen molar-refractivity contribution in [2.24, 2.45) is 5.92 Å². The van der Waals surface area contributed by atoms with E-state index in [-0.39, 0.29) is 35.2 Å². The molecule has 0 atom stereocenters. The number of aryl methyl sites for hydroxylation is 1. The average molecular weight is 440 g/mol. The van der Waals surface area contributed by atoms with Crippen LogP contribution in [0, 0.1) is 12.8 Å². The molecular weight excluding hydrogens is 422 g/mol. The van der Waals surface area contributed by atoms with Gasteiger partial charge in [-0.25, -0.2) is 4.79 Å². The molecule has 1 aromatic carbocycles. The molecule has 166 valence electrons. The van der Waals surface area contributed by atoms with Crippen LogP contribution < -0.4 is 5.32 Å². The highest BCUT2D eigenvalue weighted by Crippen LogP contribution is 2.50. The van der Waals surface area contributed by atoms with Crippen molar-refractivity contribution in [2.45, 2.75) is 38.7 Å². The average Bonchev–Trinajstić information content (AvgIpc) is 2.97. The van der Waals surface area contributed by atoms with Gasteiger partial charge < -0.3 is 14.4 Å². The Bertz CT molecular complexity index is 874. The molecule has 0 aliphatic carbocycles. The molecule has 0 fully saturated rings. The van der Waals surface area contributed by atoms with Crippen molar-refractivity contribution in [1.82, 2.24) is 5.16 Å². The molecule has 2 N–H and O–H groups in total. The van der Waals surface area contributed by atoms with E-state index in [1.165, 1.54) is 6.92 Å². The predicted octanol–water partition coefficient (Wildman–Crippen LogP) is 5.17. The number of benzene rings is 1. The molecule has 6 nitrogen and oxygen atoms in total. The Labute approximate surface area is 166 Å². The summed E-state index contributed by atoms with van der Waals surface area (Å²) in [5.41, 5.74) is -6.22. The zero-order valence-electron chi connectivity index (χ0n) is 16.0. The van der Waals surface area contributed by atoms with E-state index < -0.39 is 29.6 Å². The number of nitrogens with one attached hydrogen (secondary N) is 1. The van der Waals surface area contributed by atoms with Crippen LogP contribution in [0.2, 0.25) is 0 Å². The first-order chi connectivity index (χ1) is 13.7. The minimum Gasteiger partial charge on any atom is -0.449 e. The van der Waals surface area contributed by atoms with Crippen LogP contribution in [0.25, 0.3) is 11.1 Å². The summed E-state index contributed by atoms with van der Waals surface area (Å²) in [6.07, 6.45) is -12.8. The molecule has 0 aliphatic rings.